The minimum atomic E-state index is -0.552. The number of amidine groups is 1. The summed E-state index contributed by atoms with van der Waals surface area (Å²) in [6.45, 7) is 2.65. The van der Waals surface area contributed by atoms with Crippen LogP contribution in [-0.4, -0.2) is 83.5 Å². The summed E-state index contributed by atoms with van der Waals surface area (Å²) in [6, 6.07) is 3.90. The Morgan fingerprint density at radius 2 is 1.85 bits per heavy atom. The highest BCUT2D eigenvalue weighted by molar-refractivity contribution is 6.23. The fourth-order valence-electron chi connectivity index (χ4n) is 5.49. The van der Waals surface area contributed by atoms with Gasteiger partial charge in [0.1, 0.15) is 17.0 Å². The number of hydrogen-bond acceptors (Lipinski definition) is 7. The first kappa shape index (κ1) is 27.3. The van der Waals surface area contributed by atoms with Crippen LogP contribution >= 0.6 is 11.6 Å². The molecule has 11 heteroatoms. The van der Waals surface area contributed by atoms with E-state index in [4.69, 9.17) is 16.0 Å². The first-order chi connectivity index (χ1) is 18.8. The smallest absolute Gasteiger partial charge is 0.294 e. The van der Waals surface area contributed by atoms with Crippen molar-refractivity contribution in [3.05, 3.63) is 35.7 Å². The molecule has 2 fully saturated rings. The third kappa shape index (κ3) is 6.33. The first-order valence-electron chi connectivity index (χ1n) is 13.6. The van der Waals surface area contributed by atoms with Crippen LogP contribution < -0.4 is 10.6 Å². The van der Waals surface area contributed by atoms with Gasteiger partial charge < -0.3 is 24.9 Å². The summed E-state index contributed by atoms with van der Waals surface area (Å²) in [7, 11) is 3.36. The monoisotopic (exact) mass is 554 g/mol. The van der Waals surface area contributed by atoms with Crippen LogP contribution in [0, 0.1) is 5.92 Å². The number of dihydropyridines is 1. The number of nitrogens with one attached hydrogen (secondary N) is 2. The maximum Gasteiger partial charge on any atom is 0.294 e. The van der Waals surface area contributed by atoms with Gasteiger partial charge in [-0.05, 0) is 69.8 Å². The van der Waals surface area contributed by atoms with Gasteiger partial charge >= 0.3 is 0 Å². The van der Waals surface area contributed by atoms with E-state index in [2.05, 4.69) is 25.5 Å². The van der Waals surface area contributed by atoms with Gasteiger partial charge in [0, 0.05) is 26.1 Å². The molecule has 10 nitrogen and oxygen atoms in total. The van der Waals surface area contributed by atoms with E-state index >= 15 is 0 Å². The van der Waals surface area contributed by atoms with Gasteiger partial charge in [-0.25, -0.2) is 4.98 Å². The Labute approximate surface area is 232 Å². The number of hydrogen-bond donors (Lipinski definition) is 2. The van der Waals surface area contributed by atoms with Crippen LogP contribution in [0.1, 0.15) is 54.8 Å². The SMILES string of the molecule is CN(C)C(=O)Cc1ccc2oc(C(=O)NC3=NCC(Cl)C=C3)c(NC(=O)C3CCC(N4CCCC4)CC3)c2n1. The molecular formula is C28H35ClN6O4. The van der Waals surface area contributed by atoms with E-state index in [0.717, 1.165) is 38.8 Å². The van der Waals surface area contributed by atoms with Crippen molar-refractivity contribution in [3.8, 4) is 0 Å². The van der Waals surface area contributed by atoms with Crippen molar-refractivity contribution in [1.82, 2.24) is 20.1 Å². The number of alkyl halides is 1. The lowest BCUT2D eigenvalue weighted by Gasteiger charge is -2.33. The molecule has 1 unspecified atom stereocenters. The molecule has 2 N–H and O–H groups in total. The quantitative estimate of drug-likeness (QED) is 0.528. The minimum absolute atomic E-state index is 0.0585. The number of carbonyl (C=O) groups excluding carboxylic acids is 3. The van der Waals surface area contributed by atoms with Gasteiger partial charge in [0.25, 0.3) is 5.91 Å². The van der Waals surface area contributed by atoms with Gasteiger partial charge in [-0.2, -0.15) is 0 Å². The van der Waals surface area contributed by atoms with Crippen LogP contribution in [0.2, 0.25) is 0 Å². The predicted molar refractivity (Wildman–Crippen MR) is 150 cm³/mol. The zero-order valence-corrected chi connectivity index (χ0v) is 23.2. The Hall–Kier alpha value is -3.24. The number of likely N-dealkylation sites (tertiary alicyclic amines) is 1. The molecule has 4 heterocycles. The van der Waals surface area contributed by atoms with Gasteiger partial charge in [0.2, 0.25) is 17.6 Å². The second-order valence-corrected chi connectivity index (χ2v) is 11.3. The molecule has 0 bridgehead atoms. The summed E-state index contributed by atoms with van der Waals surface area (Å²) >= 11 is 6.05. The third-order valence-corrected chi connectivity index (χ3v) is 8.03. The average Bonchev–Trinajstić information content (AvgIpc) is 3.59. The maximum absolute atomic E-state index is 13.5. The molecule has 3 amide bonds. The van der Waals surface area contributed by atoms with Crippen molar-refractivity contribution in [2.75, 3.05) is 39.0 Å². The molecule has 2 aromatic heterocycles. The number of halogens is 1. The highest BCUT2D eigenvalue weighted by Gasteiger charge is 2.32. The zero-order chi connectivity index (χ0) is 27.5. The Kier molecular flexibility index (Phi) is 8.32. The molecule has 1 atom stereocenters. The number of likely N-dealkylation sites (N-methyl/N-ethyl adjacent to an activating group) is 1. The van der Waals surface area contributed by atoms with Gasteiger partial charge in [0.15, 0.2) is 5.58 Å². The van der Waals surface area contributed by atoms with E-state index < -0.39 is 5.91 Å². The lowest BCUT2D eigenvalue weighted by atomic mass is 9.85. The van der Waals surface area contributed by atoms with Crippen molar-refractivity contribution < 1.29 is 18.8 Å². The van der Waals surface area contributed by atoms with Gasteiger partial charge in [0.05, 0.1) is 24.0 Å². The molecular weight excluding hydrogens is 520 g/mol. The second kappa shape index (κ2) is 11.9. The number of rotatable bonds is 6. The molecule has 39 heavy (non-hydrogen) atoms. The molecule has 1 saturated carbocycles. The summed E-state index contributed by atoms with van der Waals surface area (Å²) in [4.78, 5) is 52.0. The number of aromatic nitrogens is 1. The Bertz CT molecular complexity index is 1300. The Morgan fingerprint density at radius 3 is 2.51 bits per heavy atom. The van der Waals surface area contributed by atoms with Crippen molar-refractivity contribution >= 4 is 51.9 Å². The third-order valence-electron chi connectivity index (χ3n) is 7.74. The number of nitrogens with zero attached hydrogens (tertiary/aromatic N) is 4. The highest BCUT2D eigenvalue weighted by Crippen LogP contribution is 2.34. The van der Waals surface area contributed by atoms with Crippen LogP contribution in [0.4, 0.5) is 5.69 Å². The topological polar surface area (TPSA) is 120 Å². The molecule has 2 aromatic rings. The van der Waals surface area contributed by atoms with Gasteiger partial charge in [-0.1, -0.05) is 6.08 Å². The molecule has 3 aliphatic rings. The molecule has 1 saturated heterocycles. The first-order valence-corrected chi connectivity index (χ1v) is 14.1. The van der Waals surface area contributed by atoms with E-state index in [9.17, 15) is 14.4 Å². The largest absolute Gasteiger partial charge is 0.447 e. The Balaban J connectivity index is 1.38. The van der Waals surface area contributed by atoms with E-state index in [1.54, 1.807) is 38.4 Å². The molecule has 208 valence electrons. The number of pyridine rings is 1. The van der Waals surface area contributed by atoms with Crippen LogP contribution in [0.3, 0.4) is 0 Å². The highest BCUT2D eigenvalue weighted by atomic mass is 35.5. The number of carbonyl (C=O) groups is 3. The standard InChI is InChI=1S/C28H35ClN6O4/c1-34(2)23(36)15-19-8-11-21-24(31-19)25(26(39-21)28(38)32-22-12-7-18(29)16-30-22)33-27(37)17-5-9-20(10-6-17)35-13-3-4-14-35/h7-8,11-12,17-18,20H,3-6,9-10,13-16H2,1-2H3,(H,33,37)(H,30,32,38). The molecule has 0 aromatic carbocycles. The zero-order valence-electron chi connectivity index (χ0n) is 22.4. The van der Waals surface area contributed by atoms with E-state index in [0.29, 0.717) is 35.2 Å². The molecule has 1 aliphatic carbocycles. The fourth-order valence-corrected chi connectivity index (χ4v) is 5.63. The average molecular weight is 555 g/mol. The van der Waals surface area contributed by atoms with Gasteiger partial charge in [-0.3, -0.25) is 19.4 Å². The summed E-state index contributed by atoms with van der Waals surface area (Å²) < 4.78 is 5.91. The lowest BCUT2D eigenvalue weighted by molar-refractivity contribution is -0.128. The van der Waals surface area contributed by atoms with Crippen molar-refractivity contribution in [2.45, 2.75) is 56.4 Å². The van der Waals surface area contributed by atoms with Crippen molar-refractivity contribution in [2.24, 2.45) is 10.9 Å². The minimum Gasteiger partial charge on any atom is -0.447 e. The molecule has 0 spiro atoms. The second-order valence-electron chi connectivity index (χ2n) is 10.7. The fraction of sp³-hybridized carbons (Fsp3) is 0.536. The van der Waals surface area contributed by atoms with E-state index in [-0.39, 0.29) is 41.0 Å². The normalized spacial score (nSPS) is 23.5. The number of furan rings is 1. The summed E-state index contributed by atoms with van der Waals surface area (Å²) in [5.41, 5.74) is 1.41. The van der Waals surface area contributed by atoms with Crippen LogP contribution in [-0.2, 0) is 16.0 Å². The number of amides is 3. The molecule has 0 radical (unpaired) electrons. The summed E-state index contributed by atoms with van der Waals surface area (Å²) in [6.07, 6.45) is 9.54. The lowest BCUT2D eigenvalue weighted by Crippen LogP contribution is -2.38. The van der Waals surface area contributed by atoms with E-state index in [1.807, 2.05) is 0 Å². The van der Waals surface area contributed by atoms with Crippen LogP contribution in [0.25, 0.3) is 11.1 Å². The maximum atomic E-state index is 13.5. The number of anilines is 1. The molecule has 2 aliphatic heterocycles. The van der Waals surface area contributed by atoms with Crippen molar-refractivity contribution in [3.63, 3.8) is 0 Å². The van der Waals surface area contributed by atoms with Gasteiger partial charge in [-0.15, -0.1) is 11.6 Å². The number of fused-ring (bicyclic) bond motifs is 1. The summed E-state index contributed by atoms with van der Waals surface area (Å²) in [5.74, 6) is -0.666. The van der Waals surface area contributed by atoms with Crippen LogP contribution in [0.5, 0.6) is 0 Å². The predicted octanol–water partition coefficient (Wildman–Crippen LogP) is 3.36. The Morgan fingerprint density at radius 1 is 1.10 bits per heavy atom. The van der Waals surface area contributed by atoms with E-state index in [1.165, 1.54) is 17.7 Å². The van der Waals surface area contributed by atoms with Crippen LogP contribution in [0.15, 0.2) is 33.7 Å². The number of aliphatic imine (C=N–C) groups is 1. The van der Waals surface area contributed by atoms with Crippen molar-refractivity contribution in [1.29, 1.82) is 0 Å². The summed E-state index contributed by atoms with van der Waals surface area (Å²) in [5, 5.41) is 5.48. The molecule has 5 rings (SSSR count).